The Morgan fingerprint density at radius 1 is 1.00 bits per heavy atom. The van der Waals surface area contributed by atoms with Crippen molar-refractivity contribution in [3.05, 3.63) is 29.8 Å². The third-order valence-electron chi connectivity index (χ3n) is 3.90. The highest BCUT2D eigenvalue weighted by Crippen LogP contribution is 2.24. The molecule has 2 rings (SSSR count). The Labute approximate surface area is 133 Å². The zero-order valence-electron chi connectivity index (χ0n) is 12.4. The van der Waals surface area contributed by atoms with Crippen LogP contribution in [0.4, 0.5) is 0 Å². The Balaban J connectivity index is 1.98. The van der Waals surface area contributed by atoms with Crippen LogP contribution in [-0.2, 0) is 9.47 Å². The molecule has 0 bridgehead atoms. The molecule has 0 radical (unpaired) electrons. The molecule has 8 nitrogen and oxygen atoms in total. The smallest absolute Gasteiger partial charge is 0.186 e. The van der Waals surface area contributed by atoms with Gasteiger partial charge in [-0.2, -0.15) is 0 Å². The van der Waals surface area contributed by atoms with Crippen LogP contribution in [0.2, 0.25) is 0 Å². The topological polar surface area (TPSA) is 140 Å². The van der Waals surface area contributed by atoms with Crippen molar-refractivity contribution in [2.75, 3.05) is 19.8 Å². The van der Waals surface area contributed by atoms with Gasteiger partial charge in [0.25, 0.3) is 0 Å². The third-order valence-corrected chi connectivity index (χ3v) is 3.90. The number of aliphatic hydroxyl groups excluding tert-OH is 5. The quantitative estimate of drug-likeness (QED) is 0.362. The fourth-order valence-electron chi connectivity index (χ4n) is 2.42. The number of ether oxygens (including phenoxy) is 2. The van der Waals surface area contributed by atoms with Crippen molar-refractivity contribution in [1.29, 1.82) is 0 Å². The van der Waals surface area contributed by atoms with Crippen molar-refractivity contribution >= 4 is 0 Å². The summed E-state index contributed by atoms with van der Waals surface area (Å²) < 4.78 is 10.6. The molecule has 23 heavy (non-hydrogen) atoms. The molecule has 130 valence electrons. The van der Waals surface area contributed by atoms with E-state index in [1.807, 2.05) is 0 Å². The van der Waals surface area contributed by atoms with E-state index in [1.54, 1.807) is 12.1 Å². The van der Waals surface area contributed by atoms with Crippen molar-refractivity contribution in [1.82, 2.24) is 0 Å². The van der Waals surface area contributed by atoms with E-state index in [4.69, 9.17) is 14.6 Å². The Hall–Kier alpha value is -1.26. The predicted molar refractivity (Wildman–Crippen MR) is 77.7 cm³/mol. The first-order valence-corrected chi connectivity index (χ1v) is 7.29. The van der Waals surface area contributed by atoms with Gasteiger partial charge in [0.2, 0.25) is 0 Å². The molecule has 8 heteroatoms. The van der Waals surface area contributed by atoms with Gasteiger partial charge in [0.05, 0.1) is 19.8 Å². The highest BCUT2D eigenvalue weighted by molar-refractivity contribution is 5.28. The Morgan fingerprint density at radius 2 is 1.65 bits per heavy atom. The maximum absolute atomic E-state index is 9.88. The van der Waals surface area contributed by atoms with Crippen molar-refractivity contribution < 1.29 is 40.1 Å². The summed E-state index contributed by atoms with van der Waals surface area (Å²) >= 11 is 0. The van der Waals surface area contributed by atoms with Gasteiger partial charge in [-0.3, -0.25) is 0 Å². The molecule has 1 aliphatic heterocycles. The van der Waals surface area contributed by atoms with Crippen LogP contribution in [0.15, 0.2) is 24.3 Å². The SMILES string of the molecule is OCC(COC1OC(CO)C(O)C(O)C1O)c1ccc(O)cc1. The fourth-order valence-corrected chi connectivity index (χ4v) is 2.42. The van der Waals surface area contributed by atoms with Crippen LogP contribution in [0, 0.1) is 0 Å². The van der Waals surface area contributed by atoms with E-state index >= 15 is 0 Å². The second kappa shape index (κ2) is 8.02. The molecular formula is C15H22O8. The Morgan fingerprint density at radius 3 is 2.22 bits per heavy atom. The molecule has 0 spiro atoms. The van der Waals surface area contributed by atoms with Gasteiger partial charge in [0, 0.05) is 5.92 Å². The fraction of sp³-hybridized carbons (Fsp3) is 0.600. The number of phenolic OH excluding ortho intramolecular Hbond substituents is 1. The van der Waals surface area contributed by atoms with Crippen LogP contribution >= 0.6 is 0 Å². The van der Waals surface area contributed by atoms with Crippen LogP contribution < -0.4 is 0 Å². The van der Waals surface area contributed by atoms with Crippen molar-refractivity contribution in [2.45, 2.75) is 36.6 Å². The zero-order chi connectivity index (χ0) is 17.0. The first-order chi connectivity index (χ1) is 11.0. The van der Waals surface area contributed by atoms with Crippen molar-refractivity contribution in [3.8, 4) is 5.75 Å². The standard InChI is InChI=1S/C15H22O8/c16-5-9(8-1-3-10(18)4-2-8)7-22-15-14(21)13(20)12(19)11(6-17)23-15/h1-4,9,11-21H,5-7H2. The number of hydrogen-bond donors (Lipinski definition) is 6. The van der Waals surface area contributed by atoms with Gasteiger partial charge in [-0.15, -0.1) is 0 Å². The summed E-state index contributed by atoms with van der Waals surface area (Å²) in [4.78, 5) is 0. The molecule has 1 aromatic rings. The number of aliphatic hydroxyl groups is 5. The van der Waals surface area contributed by atoms with E-state index in [1.165, 1.54) is 12.1 Å². The molecule has 6 atom stereocenters. The lowest BCUT2D eigenvalue weighted by atomic mass is 9.98. The van der Waals surface area contributed by atoms with Crippen molar-refractivity contribution in [3.63, 3.8) is 0 Å². The van der Waals surface area contributed by atoms with Gasteiger partial charge >= 0.3 is 0 Å². The van der Waals surface area contributed by atoms with E-state index in [0.29, 0.717) is 0 Å². The molecule has 1 saturated heterocycles. The average molecular weight is 330 g/mol. The van der Waals surface area contributed by atoms with E-state index in [-0.39, 0.29) is 19.0 Å². The second-order valence-corrected chi connectivity index (χ2v) is 5.50. The monoisotopic (exact) mass is 330 g/mol. The lowest BCUT2D eigenvalue weighted by Crippen LogP contribution is -2.59. The van der Waals surface area contributed by atoms with E-state index in [0.717, 1.165) is 5.56 Å². The molecule has 0 aromatic heterocycles. The summed E-state index contributed by atoms with van der Waals surface area (Å²) in [5, 5.41) is 57.1. The minimum absolute atomic E-state index is 0.0238. The first-order valence-electron chi connectivity index (χ1n) is 7.29. The minimum atomic E-state index is -1.51. The lowest BCUT2D eigenvalue weighted by Gasteiger charge is -2.39. The minimum Gasteiger partial charge on any atom is -0.508 e. The van der Waals surface area contributed by atoms with Crippen LogP contribution in [0.1, 0.15) is 11.5 Å². The largest absolute Gasteiger partial charge is 0.508 e. The second-order valence-electron chi connectivity index (χ2n) is 5.50. The average Bonchev–Trinajstić information content (AvgIpc) is 2.56. The number of hydrogen-bond acceptors (Lipinski definition) is 8. The van der Waals surface area contributed by atoms with Gasteiger partial charge in [-0.05, 0) is 17.7 Å². The molecular weight excluding hydrogens is 308 g/mol. The third kappa shape index (κ3) is 4.18. The highest BCUT2D eigenvalue weighted by atomic mass is 16.7. The molecule has 0 amide bonds. The molecule has 0 aliphatic carbocycles. The maximum atomic E-state index is 9.88. The summed E-state index contributed by atoms with van der Waals surface area (Å²) in [5.74, 6) is -0.330. The Bertz CT molecular complexity index is 477. The predicted octanol–water partition coefficient (Wildman–Crippen LogP) is -1.72. The maximum Gasteiger partial charge on any atom is 0.186 e. The summed E-state index contributed by atoms with van der Waals surface area (Å²) in [6.07, 6.45) is -6.71. The summed E-state index contributed by atoms with van der Waals surface area (Å²) in [5.41, 5.74) is 0.717. The molecule has 0 saturated carbocycles. The van der Waals surface area contributed by atoms with Crippen LogP contribution in [0.5, 0.6) is 5.75 Å². The zero-order valence-corrected chi connectivity index (χ0v) is 12.4. The number of rotatable bonds is 6. The van der Waals surface area contributed by atoms with Gasteiger partial charge < -0.3 is 40.1 Å². The summed E-state index contributed by atoms with van der Waals surface area (Å²) in [6, 6.07) is 6.22. The molecule has 1 aliphatic rings. The van der Waals surface area contributed by atoms with Crippen LogP contribution in [-0.4, -0.2) is 81.2 Å². The molecule has 1 heterocycles. The lowest BCUT2D eigenvalue weighted by molar-refractivity contribution is -0.302. The van der Waals surface area contributed by atoms with E-state index < -0.39 is 43.2 Å². The number of aromatic hydroxyl groups is 1. The Kier molecular flexibility index (Phi) is 6.31. The normalized spacial score (nSPS) is 32.7. The van der Waals surface area contributed by atoms with Crippen LogP contribution in [0.25, 0.3) is 0 Å². The van der Waals surface area contributed by atoms with Crippen LogP contribution in [0.3, 0.4) is 0 Å². The summed E-state index contributed by atoms with van der Waals surface area (Å²) in [7, 11) is 0. The molecule has 6 unspecified atom stereocenters. The molecule has 1 fully saturated rings. The molecule has 1 aromatic carbocycles. The van der Waals surface area contributed by atoms with Crippen molar-refractivity contribution in [2.24, 2.45) is 0 Å². The summed E-state index contributed by atoms with van der Waals surface area (Å²) in [6.45, 7) is -0.793. The van der Waals surface area contributed by atoms with Gasteiger partial charge in [-0.25, -0.2) is 0 Å². The number of benzene rings is 1. The van der Waals surface area contributed by atoms with E-state index in [2.05, 4.69) is 0 Å². The van der Waals surface area contributed by atoms with Gasteiger partial charge in [0.1, 0.15) is 30.2 Å². The molecule has 6 N–H and O–H groups in total. The first kappa shape index (κ1) is 18.1. The highest BCUT2D eigenvalue weighted by Gasteiger charge is 2.44. The van der Waals surface area contributed by atoms with E-state index in [9.17, 15) is 25.5 Å². The number of phenols is 1. The van der Waals surface area contributed by atoms with Gasteiger partial charge in [-0.1, -0.05) is 12.1 Å². The van der Waals surface area contributed by atoms with Gasteiger partial charge in [0.15, 0.2) is 6.29 Å².